The van der Waals surface area contributed by atoms with E-state index in [9.17, 15) is 0 Å². The van der Waals surface area contributed by atoms with Crippen molar-refractivity contribution in [1.29, 1.82) is 0 Å². The fraction of sp³-hybridized carbons (Fsp3) is 0.714. The van der Waals surface area contributed by atoms with Gasteiger partial charge in [0.05, 0.1) is 13.2 Å². The van der Waals surface area contributed by atoms with Crippen LogP contribution in [0.4, 0.5) is 0 Å². The Morgan fingerprint density at radius 2 is 2.23 bits per heavy atom. The predicted molar refractivity (Wildman–Crippen MR) is 76.0 cm³/mol. The molecule has 2 aromatic rings. The predicted octanol–water partition coefficient (Wildman–Crippen LogP) is 1.34. The normalized spacial score (nSPS) is 23.6. The number of hydrogen-bond donors (Lipinski definition) is 1. The Bertz CT molecular complexity index is 635. The van der Waals surface area contributed by atoms with Gasteiger partial charge in [-0.25, -0.2) is 4.98 Å². The summed E-state index contributed by atoms with van der Waals surface area (Å²) in [4.78, 5) is 6.60. The molecule has 3 heterocycles. The van der Waals surface area contributed by atoms with Gasteiger partial charge in [0.1, 0.15) is 11.9 Å². The van der Waals surface area contributed by atoms with E-state index in [1.54, 1.807) is 0 Å². The summed E-state index contributed by atoms with van der Waals surface area (Å²) in [6.45, 7) is 4.78. The van der Waals surface area contributed by atoms with Crippen LogP contribution in [0.1, 0.15) is 54.7 Å². The third kappa shape index (κ3) is 2.76. The van der Waals surface area contributed by atoms with Crippen molar-refractivity contribution in [2.24, 2.45) is 0 Å². The van der Waals surface area contributed by atoms with Gasteiger partial charge in [0, 0.05) is 19.0 Å². The molecule has 2 fully saturated rings. The van der Waals surface area contributed by atoms with E-state index in [1.165, 1.54) is 19.3 Å². The smallest absolute Gasteiger partial charge is 0.230 e. The molecule has 8 heteroatoms. The summed E-state index contributed by atoms with van der Waals surface area (Å²) < 4.78 is 11.6. The Morgan fingerprint density at radius 3 is 2.95 bits per heavy atom. The molecule has 22 heavy (non-hydrogen) atoms. The minimum Gasteiger partial charge on any atom is -0.424 e. The van der Waals surface area contributed by atoms with Crippen LogP contribution < -0.4 is 0 Å². The number of nitrogens with one attached hydrogen (secondary N) is 1. The van der Waals surface area contributed by atoms with Crippen molar-refractivity contribution >= 4 is 0 Å². The van der Waals surface area contributed by atoms with E-state index in [1.807, 2.05) is 6.92 Å². The zero-order valence-corrected chi connectivity index (χ0v) is 12.7. The van der Waals surface area contributed by atoms with Crippen molar-refractivity contribution in [2.75, 3.05) is 19.7 Å². The van der Waals surface area contributed by atoms with E-state index >= 15 is 0 Å². The first kappa shape index (κ1) is 13.8. The molecule has 1 N–H and O–H groups in total. The highest BCUT2D eigenvalue weighted by Gasteiger charge is 2.28. The lowest BCUT2D eigenvalue weighted by Crippen LogP contribution is -2.38. The summed E-state index contributed by atoms with van der Waals surface area (Å²) in [6, 6.07) is 0. The number of aromatic amines is 1. The molecule has 0 amide bonds. The number of aryl methyl sites for hydroxylation is 1. The van der Waals surface area contributed by atoms with Crippen LogP contribution in [0.2, 0.25) is 0 Å². The Kier molecular flexibility index (Phi) is 3.63. The molecule has 1 aliphatic carbocycles. The topological polar surface area (TPSA) is 93.0 Å². The van der Waals surface area contributed by atoms with E-state index < -0.39 is 0 Å². The van der Waals surface area contributed by atoms with Gasteiger partial charge in [-0.1, -0.05) is 6.42 Å². The Labute approximate surface area is 128 Å². The summed E-state index contributed by atoms with van der Waals surface area (Å²) in [6.07, 6.45) is 3.51. The van der Waals surface area contributed by atoms with Crippen LogP contribution in [0.25, 0.3) is 0 Å². The maximum absolute atomic E-state index is 5.79. The maximum Gasteiger partial charge on any atom is 0.230 e. The number of rotatable bonds is 4. The SMILES string of the molecule is Cc1nc([C@H]2CN(Cc3nnc(C4CCC4)o3)CCO2)n[nH]1. The van der Waals surface area contributed by atoms with Crippen molar-refractivity contribution in [1.82, 2.24) is 30.3 Å². The van der Waals surface area contributed by atoms with Crippen molar-refractivity contribution in [2.45, 2.75) is 44.8 Å². The maximum atomic E-state index is 5.79. The van der Waals surface area contributed by atoms with Gasteiger partial charge in [0.15, 0.2) is 5.82 Å². The summed E-state index contributed by atoms with van der Waals surface area (Å²) in [5.74, 6) is 3.49. The van der Waals surface area contributed by atoms with Gasteiger partial charge < -0.3 is 9.15 Å². The lowest BCUT2D eigenvalue weighted by molar-refractivity contribution is -0.0393. The molecule has 1 saturated heterocycles. The van der Waals surface area contributed by atoms with Crippen molar-refractivity contribution in [3.63, 3.8) is 0 Å². The largest absolute Gasteiger partial charge is 0.424 e. The minimum absolute atomic E-state index is 0.104. The summed E-state index contributed by atoms with van der Waals surface area (Å²) in [5, 5.41) is 15.4. The van der Waals surface area contributed by atoms with Gasteiger partial charge in [-0.3, -0.25) is 10.00 Å². The lowest BCUT2D eigenvalue weighted by Gasteiger charge is -2.30. The Balaban J connectivity index is 1.38. The number of nitrogens with zero attached hydrogens (tertiary/aromatic N) is 5. The molecule has 1 atom stereocenters. The van der Waals surface area contributed by atoms with E-state index in [2.05, 4.69) is 30.3 Å². The molecule has 0 radical (unpaired) electrons. The monoisotopic (exact) mass is 304 g/mol. The summed E-state index contributed by atoms with van der Waals surface area (Å²) in [7, 11) is 0. The molecule has 0 aromatic carbocycles. The van der Waals surface area contributed by atoms with Gasteiger partial charge in [0.2, 0.25) is 11.8 Å². The molecule has 2 aromatic heterocycles. The van der Waals surface area contributed by atoms with Crippen LogP contribution in [0.3, 0.4) is 0 Å². The highest BCUT2D eigenvalue weighted by molar-refractivity contribution is 4.98. The highest BCUT2D eigenvalue weighted by atomic mass is 16.5. The molecule has 8 nitrogen and oxygen atoms in total. The van der Waals surface area contributed by atoms with Crippen LogP contribution in [-0.4, -0.2) is 50.0 Å². The molecule has 0 unspecified atom stereocenters. The Hall–Kier alpha value is -1.80. The van der Waals surface area contributed by atoms with Gasteiger partial charge in [-0.15, -0.1) is 10.2 Å². The van der Waals surface area contributed by atoms with Gasteiger partial charge in [-0.05, 0) is 19.8 Å². The highest BCUT2D eigenvalue weighted by Crippen LogP contribution is 2.35. The molecule has 118 valence electrons. The molecule has 1 aliphatic heterocycles. The summed E-state index contributed by atoms with van der Waals surface area (Å²) >= 11 is 0. The lowest BCUT2D eigenvalue weighted by atomic mass is 9.85. The first-order chi connectivity index (χ1) is 10.8. The van der Waals surface area contributed by atoms with Crippen LogP contribution in [0, 0.1) is 6.92 Å². The number of H-pyrrole nitrogens is 1. The third-order valence-corrected chi connectivity index (χ3v) is 4.35. The summed E-state index contributed by atoms with van der Waals surface area (Å²) in [5.41, 5.74) is 0. The standard InChI is InChI=1S/C14H20N6O2/c1-9-15-13(18-16-9)11-7-20(5-6-21-11)8-12-17-19-14(22-12)10-3-2-4-10/h10-11H,2-8H2,1H3,(H,15,16,18)/t11-/m1/s1. The van der Waals surface area contributed by atoms with Crippen molar-refractivity contribution in [3.8, 4) is 0 Å². The van der Waals surface area contributed by atoms with E-state index in [0.29, 0.717) is 30.8 Å². The fourth-order valence-electron chi connectivity index (χ4n) is 2.85. The second-order valence-electron chi connectivity index (χ2n) is 6.04. The number of aromatic nitrogens is 5. The van der Waals surface area contributed by atoms with Gasteiger partial charge in [0.25, 0.3) is 0 Å². The molecular formula is C14H20N6O2. The zero-order chi connectivity index (χ0) is 14.9. The van der Waals surface area contributed by atoms with Crippen LogP contribution >= 0.6 is 0 Å². The van der Waals surface area contributed by atoms with Gasteiger partial charge >= 0.3 is 0 Å². The van der Waals surface area contributed by atoms with Crippen molar-refractivity contribution in [3.05, 3.63) is 23.4 Å². The van der Waals surface area contributed by atoms with Crippen molar-refractivity contribution < 1.29 is 9.15 Å². The first-order valence-electron chi connectivity index (χ1n) is 7.83. The molecule has 4 rings (SSSR count). The number of hydrogen-bond acceptors (Lipinski definition) is 7. The zero-order valence-electron chi connectivity index (χ0n) is 12.7. The first-order valence-corrected chi connectivity index (χ1v) is 7.83. The Morgan fingerprint density at radius 1 is 1.32 bits per heavy atom. The van der Waals surface area contributed by atoms with Crippen LogP contribution in [0.15, 0.2) is 4.42 Å². The number of morpholine rings is 1. The van der Waals surface area contributed by atoms with Crippen LogP contribution in [0.5, 0.6) is 0 Å². The quantitative estimate of drug-likeness (QED) is 0.911. The van der Waals surface area contributed by atoms with E-state index in [4.69, 9.17) is 9.15 Å². The molecule has 2 aliphatic rings. The minimum atomic E-state index is -0.104. The molecule has 1 saturated carbocycles. The third-order valence-electron chi connectivity index (χ3n) is 4.35. The van der Waals surface area contributed by atoms with Crippen LogP contribution in [-0.2, 0) is 11.3 Å². The molecular weight excluding hydrogens is 284 g/mol. The average Bonchev–Trinajstić information content (AvgIpc) is 3.07. The molecule has 0 spiro atoms. The number of ether oxygens (including phenoxy) is 1. The van der Waals surface area contributed by atoms with E-state index in [-0.39, 0.29) is 6.10 Å². The van der Waals surface area contributed by atoms with Gasteiger partial charge in [-0.2, -0.15) is 5.10 Å². The second kappa shape index (κ2) is 5.77. The average molecular weight is 304 g/mol. The molecule has 0 bridgehead atoms. The fourth-order valence-corrected chi connectivity index (χ4v) is 2.85. The van der Waals surface area contributed by atoms with E-state index in [0.717, 1.165) is 24.8 Å². The second-order valence-corrected chi connectivity index (χ2v) is 6.04.